The van der Waals surface area contributed by atoms with Gasteiger partial charge in [0.1, 0.15) is 11.6 Å². The lowest BCUT2D eigenvalue weighted by molar-refractivity contribution is 0.340. The molecule has 0 N–H and O–H groups in total. The first-order chi connectivity index (χ1) is 15.6. The third-order valence-electron chi connectivity index (χ3n) is 5.19. The van der Waals surface area contributed by atoms with E-state index in [9.17, 15) is 0 Å². The molecule has 3 aromatic carbocycles. The summed E-state index contributed by atoms with van der Waals surface area (Å²) in [6, 6.07) is 22.1. The smallest absolute Gasteiger partial charge is 0.133 e. The number of rotatable bonds is 7. The highest BCUT2D eigenvalue weighted by atomic mass is 35.5. The molecule has 0 aliphatic heterocycles. The van der Waals surface area contributed by atoms with Gasteiger partial charge in [0.2, 0.25) is 0 Å². The molecule has 0 bridgehead atoms. The second-order valence-electron chi connectivity index (χ2n) is 7.31. The van der Waals surface area contributed by atoms with Gasteiger partial charge in [-0.05, 0) is 66.9 Å². The van der Waals surface area contributed by atoms with E-state index in [-0.39, 0.29) is 0 Å². The molecule has 0 unspecified atom stereocenters. The largest absolute Gasteiger partial charge is 0.494 e. The summed E-state index contributed by atoms with van der Waals surface area (Å²) in [5, 5.41) is 1.21. The fourth-order valence-corrected chi connectivity index (χ4v) is 4.02. The molecule has 1 aromatic heterocycles. The molecule has 32 heavy (non-hydrogen) atoms. The molecule has 0 radical (unpaired) electrons. The summed E-state index contributed by atoms with van der Waals surface area (Å²) >= 11 is 12.4. The molecule has 0 aliphatic carbocycles. The Labute approximate surface area is 198 Å². The Kier molecular flexibility index (Phi) is 6.99. The maximum atomic E-state index is 6.37. The molecule has 0 aliphatic rings. The van der Waals surface area contributed by atoms with Gasteiger partial charge in [0, 0.05) is 23.3 Å². The fraction of sp³-hybridized carbons (Fsp3) is 0.148. The summed E-state index contributed by atoms with van der Waals surface area (Å²) in [6.07, 6.45) is 6.12. The van der Waals surface area contributed by atoms with Crippen LogP contribution in [-0.2, 0) is 6.54 Å². The van der Waals surface area contributed by atoms with Gasteiger partial charge in [0.05, 0.1) is 17.3 Å². The van der Waals surface area contributed by atoms with Gasteiger partial charge in [-0.3, -0.25) is 0 Å². The minimum atomic E-state index is 0.596. The SMILES string of the molecule is CCOc1ccc(-c2ccc(C=Cc3nc(-c4ccc(Cl)cc4Cl)cn3CC)cc2)cc1. The second-order valence-corrected chi connectivity index (χ2v) is 8.15. The molecule has 0 fully saturated rings. The molecule has 0 spiro atoms. The first kappa shape index (κ1) is 22.2. The lowest BCUT2D eigenvalue weighted by Gasteiger charge is -2.05. The van der Waals surface area contributed by atoms with Gasteiger partial charge in [-0.1, -0.05) is 65.7 Å². The van der Waals surface area contributed by atoms with Crippen molar-refractivity contribution in [3.8, 4) is 28.1 Å². The third kappa shape index (κ3) is 5.07. The highest BCUT2D eigenvalue weighted by Crippen LogP contribution is 2.30. The van der Waals surface area contributed by atoms with Gasteiger partial charge < -0.3 is 9.30 Å². The Morgan fingerprint density at radius 1 is 0.875 bits per heavy atom. The first-order valence-corrected chi connectivity index (χ1v) is 11.4. The summed E-state index contributed by atoms with van der Waals surface area (Å²) in [5.74, 6) is 1.77. The van der Waals surface area contributed by atoms with Crippen molar-refractivity contribution in [1.82, 2.24) is 9.55 Å². The molecule has 0 amide bonds. The summed E-state index contributed by atoms with van der Waals surface area (Å²) < 4.78 is 7.62. The third-order valence-corrected chi connectivity index (χ3v) is 5.74. The number of nitrogens with zero attached hydrogens (tertiary/aromatic N) is 2. The van der Waals surface area contributed by atoms with Crippen molar-refractivity contribution >= 4 is 35.4 Å². The van der Waals surface area contributed by atoms with Crippen LogP contribution in [0.15, 0.2) is 72.9 Å². The standard InChI is InChI=1S/C27H24Cl2N2O/c1-3-31-18-26(24-15-12-22(28)17-25(24)29)30-27(31)16-7-19-5-8-20(9-6-19)21-10-13-23(14-11-21)32-4-2/h5-18H,3-4H2,1-2H3. The Hall–Kier alpha value is -3.01. The summed E-state index contributed by atoms with van der Waals surface area (Å²) in [7, 11) is 0. The van der Waals surface area contributed by atoms with Crippen molar-refractivity contribution in [3.63, 3.8) is 0 Å². The maximum Gasteiger partial charge on any atom is 0.133 e. The van der Waals surface area contributed by atoms with Crippen molar-refractivity contribution in [1.29, 1.82) is 0 Å². The molecule has 162 valence electrons. The van der Waals surface area contributed by atoms with E-state index >= 15 is 0 Å². The highest BCUT2D eigenvalue weighted by Gasteiger charge is 2.10. The highest BCUT2D eigenvalue weighted by molar-refractivity contribution is 6.36. The van der Waals surface area contributed by atoms with Crippen LogP contribution in [0.25, 0.3) is 34.5 Å². The number of imidazole rings is 1. The van der Waals surface area contributed by atoms with Crippen LogP contribution >= 0.6 is 23.2 Å². The number of aryl methyl sites for hydroxylation is 1. The zero-order valence-corrected chi connectivity index (χ0v) is 19.6. The van der Waals surface area contributed by atoms with E-state index in [0.717, 1.165) is 40.5 Å². The van der Waals surface area contributed by atoms with Crippen LogP contribution in [0.3, 0.4) is 0 Å². The van der Waals surface area contributed by atoms with Crippen LogP contribution in [0.1, 0.15) is 25.2 Å². The average Bonchev–Trinajstić information content (AvgIpc) is 3.22. The zero-order valence-electron chi connectivity index (χ0n) is 18.1. The Balaban J connectivity index is 1.53. The molecule has 5 heteroatoms. The molecule has 0 saturated carbocycles. The summed E-state index contributed by atoms with van der Waals surface area (Å²) in [4.78, 5) is 4.78. The van der Waals surface area contributed by atoms with Gasteiger partial charge in [-0.15, -0.1) is 0 Å². The maximum absolute atomic E-state index is 6.37. The fourth-order valence-electron chi connectivity index (χ4n) is 3.51. The number of hydrogen-bond acceptors (Lipinski definition) is 2. The molecule has 0 atom stereocenters. The van der Waals surface area contributed by atoms with Gasteiger partial charge in [0.25, 0.3) is 0 Å². The normalized spacial score (nSPS) is 11.2. The van der Waals surface area contributed by atoms with Gasteiger partial charge in [0.15, 0.2) is 0 Å². The zero-order chi connectivity index (χ0) is 22.5. The van der Waals surface area contributed by atoms with E-state index in [0.29, 0.717) is 16.7 Å². The minimum Gasteiger partial charge on any atom is -0.494 e. The van der Waals surface area contributed by atoms with Crippen molar-refractivity contribution in [2.24, 2.45) is 0 Å². The van der Waals surface area contributed by atoms with Crippen molar-refractivity contribution in [3.05, 3.63) is 94.4 Å². The van der Waals surface area contributed by atoms with Crippen LogP contribution in [0, 0.1) is 0 Å². The molecule has 4 aromatic rings. The topological polar surface area (TPSA) is 27.1 Å². The van der Waals surface area contributed by atoms with Crippen LogP contribution in [0.5, 0.6) is 5.75 Å². The average molecular weight is 463 g/mol. The predicted octanol–water partition coefficient (Wildman–Crippen LogP) is 8.11. The number of aromatic nitrogens is 2. The van der Waals surface area contributed by atoms with E-state index < -0.39 is 0 Å². The molecular formula is C27H24Cl2N2O. The molecule has 4 rings (SSSR count). The predicted molar refractivity (Wildman–Crippen MR) is 135 cm³/mol. The number of ether oxygens (including phenoxy) is 1. The molecule has 3 nitrogen and oxygen atoms in total. The van der Waals surface area contributed by atoms with Crippen LogP contribution in [0.4, 0.5) is 0 Å². The quantitative estimate of drug-likeness (QED) is 0.277. The lowest BCUT2D eigenvalue weighted by atomic mass is 10.0. The number of halogens is 2. The van der Waals surface area contributed by atoms with E-state index in [1.165, 1.54) is 5.56 Å². The number of hydrogen-bond donors (Lipinski definition) is 0. The minimum absolute atomic E-state index is 0.596. The summed E-state index contributed by atoms with van der Waals surface area (Å²) in [5.41, 5.74) is 5.14. The summed E-state index contributed by atoms with van der Waals surface area (Å²) in [6.45, 7) is 5.57. The lowest BCUT2D eigenvalue weighted by Crippen LogP contribution is -1.94. The monoisotopic (exact) mass is 462 g/mol. The van der Waals surface area contributed by atoms with E-state index in [4.69, 9.17) is 32.9 Å². The Morgan fingerprint density at radius 2 is 1.56 bits per heavy atom. The first-order valence-electron chi connectivity index (χ1n) is 10.6. The molecule has 0 saturated heterocycles. The van der Waals surface area contributed by atoms with E-state index in [2.05, 4.69) is 54.0 Å². The van der Waals surface area contributed by atoms with Crippen LogP contribution in [0.2, 0.25) is 10.0 Å². The van der Waals surface area contributed by atoms with Crippen molar-refractivity contribution in [2.75, 3.05) is 6.61 Å². The van der Waals surface area contributed by atoms with Crippen molar-refractivity contribution < 1.29 is 4.74 Å². The molecule has 1 heterocycles. The van der Waals surface area contributed by atoms with E-state index in [1.807, 2.05) is 43.5 Å². The van der Waals surface area contributed by atoms with Crippen LogP contribution in [-0.4, -0.2) is 16.2 Å². The van der Waals surface area contributed by atoms with Gasteiger partial charge in [-0.2, -0.15) is 0 Å². The second kappa shape index (κ2) is 10.1. The van der Waals surface area contributed by atoms with Gasteiger partial charge in [-0.25, -0.2) is 4.98 Å². The molecular weight excluding hydrogens is 439 g/mol. The van der Waals surface area contributed by atoms with E-state index in [1.54, 1.807) is 6.07 Å². The van der Waals surface area contributed by atoms with Gasteiger partial charge >= 0.3 is 0 Å². The Morgan fingerprint density at radius 3 is 2.19 bits per heavy atom. The Bertz CT molecular complexity index is 1230. The van der Waals surface area contributed by atoms with Crippen LogP contribution < -0.4 is 4.74 Å². The number of benzene rings is 3. The van der Waals surface area contributed by atoms with Crippen molar-refractivity contribution in [2.45, 2.75) is 20.4 Å².